The number of piperidine rings is 1. The largest absolute Gasteiger partial charge is 0.445 e. The molecular weight excluding hydrogens is 318 g/mol. The van der Waals surface area contributed by atoms with Crippen molar-refractivity contribution >= 4 is 5.91 Å². The highest BCUT2D eigenvalue weighted by molar-refractivity contribution is 5.91. The lowest BCUT2D eigenvalue weighted by atomic mass is 9.98. The van der Waals surface area contributed by atoms with Crippen molar-refractivity contribution < 1.29 is 13.6 Å². The minimum atomic E-state index is -0.127. The number of carbonyl (C=O) groups excluding carboxylic acids is 1. The second kappa shape index (κ2) is 6.93. The van der Waals surface area contributed by atoms with E-state index in [0.29, 0.717) is 19.0 Å². The maximum Gasteiger partial charge on any atom is 0.291 e. The van der Waals surface area contributed by atoms with E-state index in [0.717, 1.165) is 25.0 Å². The van der Waals surface area contributed by atoms with E-state index in [1.807, 2.05) is 18.2 Å². The zero-order chi connectivity index (χ0) is 17.1. The first-order valence-corrected chi connectivity index (χ1v) is 8.46. The van der Waals surface area contributed by atoms with Crippen LogP contribution in [0.25, 0.3) is 0 Å². The SMILES string of the molecule is O=C(c1cnco1)N1CCC[C@@H](c2ncc(Cc3ccccc3)o2)C1. The third kappa shape index (κ3) is 3.47. The van der Waals surface area contributed by atoms with Crippen molar-refractivity contribution in [3.05, 3.63) is 72.1 Å². The molecule has 1 aliphatic heterocycles. The van der Waals surface area contributed by atoms with Crippen LogP contribution in [0.2, 0.25) is 0 Å². The number of oxazole rings is 2. The minimum Gasteiger partial charge on any atom is -0.445 e. The molecule has 1 aromatic carbocycles. The van der Waals surface area contributed by atoms with Gasteiger partial charge in [0.15, 0.2) is 12.3 Å². The third-order valence-corrected chi connectivity index (χ3v) is 4.49. The first-order valence-electron chi connectivity index (χ1n) is 8.46. The van der Waals surface area contributed by atoms with Crippen molar-refractivity contribution in [2.24, 2.45) is 0 Å². The van der Waals surface area contributed by atoms with E-state index in [-0.39, 0.29) is 17.6 Å². The Morgan fingerprint density at radius 1 is 1.24 bits per heavy atom. The molecule has 0 spiro atoms. The minimum absolute atomic E-state index is 0.116. The van der Waals surface area contributed by atoms with Crippen LogP contribution in [0.1, 0.15) is 46.5 Å². The van der Waals surface area contributed by atoms with Gasteiger partial charge in [0.25, 0.3) is 5.91 Å². The van der Waals surface area contributed by atoms with Gasteiger partial charge < -0.3 is 13.7 Å². The topological polar surface area (TPSA) is 72.4 Å². The van der Waals surface area contributed by atoms with Crippen molar-refractivity contribution in [3.63, 3.8) is 0 Å². The van der Waals surface area contributed by atoms with E-state index in [4.69, 9.17) is 8.83 Å². The molecule has 128 valence electrons. The van der Waals surface area contributed by atoms with Gasteiger partial charge in [-0.15, -0.1) is 0 Å². The van der Waals surface area contributed by atoms with E-state index < -0.39 is 0 Å². The fourth-order valence-electron chi connectivity index (χ4n) is 3.23. The molecule has 1 aliphatic rings. The second-order valence-corrected chi connectivity index (χ2v) is 6.28. The number of rotatable bonds is 4. The quantitative estimate of drug-likeness (QED) is 0.730. The lowest BCUT2D eigenvalue weighted by Crippen LogP contribution is -2.39. The summed E-state index contributed by atoms with van der Waals surface area (Å²) in [6.07, 6.45) is 7.13. The molecule has 0 saturated carbocycles. The van der Waals surface area contributed by atoms with Gasteiger partial charge in [0.2, 0.25) is 5.76 Å². The molecule has 0 radical (unpaired) electrons. The van der Waals surface area contributed by atoms with Crippen molar-refractivity contribution in [2.45, 2.75) is 25.2 Å². The predicted molar refractivity (Wildman–Crippen MR) is 90.1 cm³/mol. The highest BCUT2D eigenvalue weighted by Crippen LogP contribution is 2.28. The number of hydrogen-bond donors (Lipinski definition) is 0. The molecule has 0 N–H and O–H groups in total. The summed E-state index contributed by atoms with van der Waals surface area (Å²) in [6.45, 7) is 1.30. The van der Waals surface area contributed by atoms with Gasteiger partial charge in [0, 0.05) is 19.5 Å². The number of nitrogens with zero attached hydrogens (tertiary/aromatic N) is 3. The summed E-state index contributed by atoms with van der Waals surface area (Å²) in [5.41, 5.74) is 1.19. The molecule has 6 heteroatoms. The lowest BCUT2D eigenvalue weighted by molar-refractivity contribution is 0.0666. The maximum absolute atomic E-state index is 12.4. The average Bonchev–Trinajstić information content (AvgIpc) is 3.34. The number of likely N-dealkylation sites (tertiary alicyclic amines) is 1. The number of carbonyl (C=O) groups is 1. The Labute approximate surface area is 145 Å². The standard InChI is InChI=1S/C19H19N3O3/c23-19(17-11-20-13-24-17)22-8-4-7-15(12-22)18-21-10-16(25-18)9-14-5-2-1-3-6-14/h1-3,5-6,10-11,13,15H,4,7-9,12H2/t15-/m1/s1. The molecular formula is C19H19N3O3. The highest BCUT2D eigenvalue weighted by Gasteiger charge is 2.29. The molecule has 3 aromatic rings. The van der Waals surface area contributed by atoms with E-state index in [9.17, 15) is 4.79 Å². The van der Waals surface area contributed by atoms with E-state index >= 15 is 0 Å². The Hall–Kier alpha value is -2.89. The molecule has 0 aliphatic carbocycles. The predicted octanol–water partition coefficient (Wildman–Crippen LogP) is 3.27. The lowest BCUT2D eigenvalue weighted by Gasteiger charge is -2.30. The maximum atomic E-state index is 12.4. The van der Waals surface area contributed by atoms with Crippen LogP contribution >= 0.6 is 0 Å². The molecule has 1 atom stereocenters. The van der Waals surface area contributed by atoms with Crippen LogP contribution in [0.5, 0.6) is 0 Å². The molecule has 1 fully saturated rings. The van der Waals surface area contributed by atoms with E-state index in [1.54, 1.807) is 11.1 Å². The molecule has 6 nitrogen and oxygen atoms in total. The summed E-state index contributed by atoms with van der Waals surface area (Å²) in [7, 11) is 0. The van der Waals surface area contributed by atoms with Crippen molar-refractivity contribution in [2.75, 3.05) is 13.1 Å². The summed E-state index contributed by atoms with van der Waals surface area (Å²) in [6, 6.07) is 10.2. The first-order chi connectivity index (χ1) is 12.3. The highest BCUT2D eigenvalue weighted by atomic mass is 16.4. The Bertz CT molecular complexity index is 827. The van der Waals surface area contributed by atoms with Gasteiger partial charge in [-0.3, -0.25) is 4.79 Å². The molecule has 2 aromatic heterocycles. The van der Waals surface area contributed by atoms with E-state index in [2.05, 4.69) is 22.1 Å². The summed E-state index contributed by atoms with van der Waals surface area (Å²) in [5, 5.41) is 0. The number of hydrogen-bond acceptors (Lipinski definition) is 5. The number of aromatic nitrogens is 2. The van der Waals surface area contributed by atoms with Crippen LogP contribution in [0.15, 0.2) is 58.0 Å². The zero-order valence-corrected chi connectivity index (χ0v) is 13.8. The Morgan fingerprint density at radius 3 is 2.92 bits per heavy atom. The van der Waals surface area contributed by atoms with Gasteiger partial charge in [-0.25, -0.2) is 9.97 Å². The van der Waals surface area contributed by atoms with Crippen LogP contribution in [-0.4, -0.2) is 33.9 Å². The van der Waals surface area contributed by atoms with Gasteiger partial charge in [-0.1, -0.05) is 30.3 Å². The molecule has 3 heterocycles. The van der Waals surface area contributed by atoms with Gasteiger partial charge in [-0.05, 0) is 18.4 Å². The van der Waals surface area contributed by atoms with Crippen LogP contribution < -0.4 is 0 Å². The van der Waals surface area contributed by atoms with Crippen molar-refractivity contribution in [3.8, 4) is 0 Å². The van der Waals surface area contributed by atoms with Crippen LogP contribution in [-0.2, 0) is 6.42 Å². The van der Waals surface area contributed by atoms with Gasteiger partial charge in [-0.2, -0.15) is 0 Å². The van der Waals surface area contributed by atoms with Crippen molar-refractivity contribution in [1.82, 2.24) is 14.9 Å². The molecule has 4 rings (SSSR count). The average molecular weight is 337 g/mol. The van der Waals surface area contributed by atoms with Gasteiger partial charge in [0.1, 0.15) is 5.76 Å². The second-order valence-electron chi connectivity index (χ2n) is 6.28. The summed E-state index contributed by atoms with van der Waals surface area (Å²) in [4.78, 5) is 22.5. The van der Waals surface area contributed by atoms with E-state index in [1.165, 1.54) is 18.2 Å². The number of benzene rings is 1. The molecule has 1 amide bonds. The van der Waals surface area contributed by atoms with Crippen LogP contribution in [0.4, 0.5) is 0 Å². The molecule has 1 saturated heterocycles. The third-order valence-electron chi connectivity index (χ3n) is 4.49. The fourth-order valence-corrected chi connectivity index (χ4v) is 3.23. The molecule has 0 unspecified atom stereocenters. The molecule has 0 bridgehead atoms. The fraction of sp³-hybridized carbons (Fsp3) is 0.316. The van der Waals surface area contributed by atoms with Crippen LogP contribution in [0.3, 0.4) is 0 Å². The normalized spacial score (nSPS) is 17.6. The van der Waals surface area contributed by atoms with Gasteiger partial charge in [0.05, 0.1) is 18.3 Å². The van der Waals surface area contributed by atoms with Crippen molar-refractivity contribution in [1.29, 1.82) is 0 Å². The Morgan fingerprint density at radius 2 is 2.12 bits per heavy atom. The van der Waals surface area contributed by atoms with Crippen LogP contribution in [0, 0.1) is 0 Å². The Balaban J connectivity index is 1.44. The summed E-state index contributed by atoms with van der Waals surface area (Å²) < 4.78 is 11.1. The number of amides is 1. The summed E-state index contributed by atoms with van der Waals surface area (Å²) in [5.74, 6) is 1.82. The smallest absolute Gasteiger partial charge is 0.291 e. The first kappa shape index (κ1) is 15.6. The van der Waals surface area contributed by atoms with Gasteiger partial charge >= 0.3 is 0 Å². The summed E-state index contributed by atoms with van der Waals surface area (Å²) >= 11 is 0. The molecule has 25 heavy (non-hydrogen) atoms. The Kier molecular flexibility index (Phi) is 4.33. The zero-order valence-electron chi connectivity index (χ0n) is 13.8. The monoisotopic (exact) mass is 337 g/mol.